The zero-order valence-electron chi connectivity index (χ0n) is 20.3. The van der Waals surface area contributed by atoms with Gasteiger partial charge in [-0.25, -0.2) is 4.39 Å². The molecule has 1 atom stereocenters. The molecule has 1 unspecified atom stereocenters. The molecular formula is C29H30FN3O3. The number of aryl methyl sites for hydroxylation is 1. The number of nitrogens with one attached hydrogen (secondary N) is 2. The van der Waals surface area contributed by atoms with Crippen LogP contribution in [0.5, 0.6) is 0 Å². The van der Waals surface area contributed by atoms with Gasteiger partial charge in [0, 0.05) is 28.8 Å². The van der Waals surface area contributed by atoms with Gasteiger partial charge in [-0.3, -0.25) is 14.5 Å². The fourth-order valence-electron chi connectivity index (χ4n) is 5.09. The topological polar surface area (TPSA) is 78.3 Å². The number of carbonyl (C=O) groups excluding carboxylic acids is 2. The Morgan fingerprint density at radius 2 is 1.89 bits per heavy atom. The summed E-state index contributed by atoms with van der Waals surface area (Å²) >= 11 is 0. The van der Waals surface area contributed by atoms with Gasteiger partial charge < -0.3 is 14.7 Å². The fraction of sp³-hybridized carbons (Fsp3) is 0.310. The third-order valence-corrected chi connectivity index (χ3v) is 6.86. The first-order valence-corrected chi connectivity index (χ1v) is 12.5. The van der Waals surface area contributed by atoms with Crippen molar-refractivity contribution in [1.82, 2.24) is 10.3 Å². The molecule has 0 bridgehead atoms. The predicted octanol–water partition coefficient (Wildman–Crippen LogP) is 5.97. The standard InChI is InChI=1S/C29H30FN3O3/c1-19-14-15-26(36-19)28(29(35)32-22-9-3-2-4-10-22)33(23-11-7-8-21(30)17-23)27(34)16-20-18-31-25-13-6-5-12-24(20)25/h5-8,11-15,17-18,22,28,31H,2-4,9-10,16H2,1H3,(H,32,35). The highest BCUT2D eigenvalue weighted by molar-refractivity contribution is 6.03. The van der Waals surface area contributed by atoms with Crippen LogP contribution in [0.15, 0.2) is 71.3 Å². The maximum absolute atomic E-state index is 14.4. The number of rotatable bonds is 7. The van der Waals surface area contributed by atoms with Crippen LogP contribution in [0.2, 0.25) is 0 Å². The minimum absolute atomic E-state index is 0.0351. The Hall–Kier alpha value is -3.87. The van der Waals surface area contributed by atoms with E-state index < -0.39 is 11.9 Å². The smallest absolute Gasteiger partial charge is 0.251 e. The molecule has 0 spiro atoms. The third kappa shape index (κ3) is 5.05. The van der Waals surface area contributed by atoms with E-state index in [1.165, 1.54) is 17.0 Å². The molecule has 1 saturated carbocycles. The monoisotopic (exact) mass is 487 g/mol. The Balaban J connectivity index is 1.54. The summed E-state index contributed by atoms with van der Waals surface area (Å²) in [5.41, 5.74) is 2.03. The van der Waals surface area contributed by atoms with Crippen LogP contribution in [0, 0.1) is 12.7 Å². The maximum Gasteiger partial charge on any atom is 0.251 e. The molecule has 0 aliphatic heterocycles. The average molecular weight is 488 g/mol. The summed E-state index contributed by atoms with van der Waals surface area (Å²) in [6.07, 6.45) is 6.92. The Labute approximate surface area is 209 Å². The minimum atomic E-state index is -1.07. The normalized spacial score (nSPS) is 15.1. The van der Waals surface area contributed by atoms with Gasteiger partial charge in [-0.1, -0.05) is 43.5 Å². The Kier molecular flexibility index (Phi) is 6.89. The zero-order valence-corrected chi connectivity index (χ0v) is 20.3. The van der Waals surface area contributed by atoms with Crippen LogP contribution in [0.4, 0.5) is 10.1 Å². The number of aromatic nitrogens is 1. The summed E-state index contributed by atoms with van der Waals surface area (Å²) in [5.74, 6) is -0.170. The molecule has 36 heavy (non-hydrogen) atoms. The lowest BCUT2D eigenvalue weighted by molar-refractivity contribution is -0.127. The molecule has 2 N–H and O–H groups in total. The number of nitrogens with zero attached hydrogens (tertiary/aromatic N) is 1. The number of fused-ring (bicyclic) bond motifs is 1. The van der Waals surface area contributed by atoms with Crippen molar-refractivity contribution in [2.45, 2.75) is 57.5 Å². The second kappa shape index (κ2) is 10.4. The van der Waals surface area contributed by atoms with Crippen molar-refractivity contribution < 1.29 is 18.4 Å². The van der Waals surface area contributed by atoms with Gasteiger partial charge in [-0.05, 0) is 61.7 Å². The van der Waals surface area contributed by atoms with Crippen LogP contribution < -0.4 is 10.2 Å². The summed E-state index contributed by atoms with van der Waals surface area (Å²) in [6, 6.07) is 16.0. The van der Waals surface area contributed by atoms with Gasteiger partial charge in [0.05, 0.1) is 6.42 Å². The highest BCUT2D eigenvalue weighted by Gasteiger charge is 2.36. The van der Waals surface area contributed by atoms with E-state index in [2.05, 4.69) is 10.3 Å². The zero-order chi connectivity index (χ0) is 25.1. The number of halogens is 1. The predicted molar refractivity (Wildman–Crippen MR) is 137 cm³/mol. The summed E-state index contributed by atoms with van der Waals surface area (Å²) in [6.45, 7) is 1.79. The number of hydrogen-bond donors (Lipinski definition) is 2. The van der Waals surface area contributed by atoms with E-state index in [1.807, 2.05) is 24.3 Å². The molecule has 7 heteroatoms. The molecule has 5 rings (SSSR count). The molecule has 0 saturated heterocycles. The van der Waals surface area contributed by atoms with Crippen molar-refractivity contribution in [1.29, 1.82) is 0 Å². The molecule has 2 amide bonds. The fourth-order valence-corrected chi connectivity index (χ4v) is 5.09. The molecule has 1 aliphatic rings. The highest BCUT2D eigenvalue weighted by Crippen LogP contribution is 2.32. The first-order chi connectivity index (χ1) is 17.5. The van der Waals surface area contributed by atoms with Crippen molar-refractivity contribution in [3.05, 3.63) is 89.8 Å². The van der Waals surface area contributed by atoms with Crippen molar-refractivity contribution >= 4 is 28.4 Å². The van der Waals surface area contributed by atoms with Gasteiger partial charge in [0.2, 0.25) is 5.91 Å². The number of hydrogen-bond acceptors (Lipinski definition) is 3. The average Bonchev–Trinajstić information content (AvgIpc) is 3.49. The molecule has 186 valence electrons. The van der Waals surface area contributed by atoms with Crippen molar-refractivity contribution in [3.63, 3.8) is 0 Å². The summed E-state index contributed by atoms with van der Waals surface area (Å²) in [7, 11) is 0. The van der Waals surface area contributed by atoms with E-state index >= 15 is 0 Å². The number of amides is 2. The van der Waals surface area contributed by atoms with Crippen molar-refractivity contribution in [2.75, 3.05) is 4.90 Å². The Morgan fingerprint density at radius 3 is 2.64 bits per heavy atom. The Morgan fingerprint density at radius 1 is 1.08 bits per heavy atom. The van der Waals surface area contributed by atoms with Crippen LogP contribution in [-0.2, 0) is 16.0 Å². The lowest BCUT2D eigenvalue weighted by Crippen LogP contribution is -2.47. The van der Waals surface area contributed by atoms with Crippen LogP contribution in [0.1, 0.15) is 55.2 Å². The molecule has 1 aliphatic carbocycles. The van der Waals surface area contributed by atoms with Gasteiger partial charge in [0.1, 0.15) is 17.3 Å². The van der Waals surface area contributed by atoms with E-state index in [0.29, 0.717) is 17.2 Å². The number of benzene rings is 2. The SMILES string of the molecule is Cc1ccc(C(C(=O)NC2CCCCC2)N(C(=O)Cc2c[nH]c3ccccc23)c2cccc(F)c2)o1. The maximum atomic E-state index is 14.4. The summed E-state index contributed by atoms with van der Waals surface area (Å²) in [5, 5.41) is 4.07. The van der Waals surface area contributed by atoms with E-state index in [9.17, 15) is 14.0 Å². The van der Waals surface area contributed by atoms with Crippen molar-refractivity contribution in [3.8, 4) is 0 Å². The molecule has 2 aromatic heterocycles. The number of anilines is 1. The molecule has 0 radical (unpaired) electrons. The van der Waals surface area contributed by atoms with Crippen LogP contribution in [0.25, 0.3) is 10.9 Å². The second-order valence-corrected chi connectivity index (χ2v) is 9.47. The van der Waals surface area contributed by atoms with Crippen molar-refractivity contribution in [2.24, 2.45) is 0 Å². The molecule has 6 nitrogen and oxygen atoms in total. The summed E-state index contributed by atoms with van der Waals surface area (Å²) in [4.78, 5) is 32.3. The molecule has 2 heterocycles. The summed E-state index contributed by atoms with van der Waals surface area (Å²) < 4.78 is 20.2. The lowest BCUT2D eigenvalue weighted by atomic mass is 9.95. The number of aromatic amines is 1. The second-order valence-electron chi connectivity index (χ2n) is 9.47. The van der Waals surface area contributed by atoms with Gasteiger partial charge in [-0.15, -0.1) is 0 Å². The van der Waals surface area contributed by atoms with Gasteiger partial charge in [-0.2, -0.15) is 0 Å². The van der Waals surface area contributed by atoms with Crippen LogP contribution in [-0.4, -0.2) is 22.8 Å². The van der Waals surface area contributed by atoms with Gasteiger partial charge in [0.15, 0.2) is 6.04 Å². The minimum Gasteiger partial charge on any atom is -0.464 e. The molecule has 2 aromatic carbocycles. The molecule has 1 fully saturated rings. The van der Waals surface area contributed by atoms with Gasteiger partial charge >= 0.3 is 0 Å². The van der Waals surface area contributed by atoms with E-state index in [4.69, 9.17) is 4.42 Å². The molecule has 4 aromatic rings. The number of furan rings is 1. The number of H-pyrrole nitrogens is 1. The van der Waals surface area contributed by atoms with Gasteiger partial charge in [0.25, 0.3) is 5.91 Å². The Bertz CT molecular complexity index is 1370. The third-order valence-electron chi connectivity index (χ3n) is 6.86. The van der Waals surface area contributed by atoms with E-state index in [1.54, 1.807) is 37.4 Å². The first kappa shape index (κ1) is 23.9. The molecular weight excluding hydrogens is 457 g/mol. The van der Waals surface area contributed by atoms with Crippen LogP contribution >= 0.6 is 0 Å². The van der Waals surface area contributed by atoms with E-state index in [0.717, 1.165) is 48.6 Å². The lowest BCUT2D eigenvalue weighted by Gasteiger charge is -2.32. The van der Waals surface area contributed by atoms with E-state index in [-0.39, 0.29) is 24.3 Å². The quantitative estimate of drug-likeness (QED) is 0.337. The number of carbonyl (C=O) groups is 2. The largest absolute Gasteiger partial charge is 0.464 e. The number of para-hydroxylation sites is 1. The highest BCUT2D eigenvalue weighted by atomic mass is 19.1. The van der Waals surface area contributed by atoms with Crippen LogP contribution in [0.3, 0.4) is 0 Å². The first-order valence-electron chi connectivity index (χ1n) is 12.5.